The normalized spacial score (nSPS) is 17.5. The van der Waals surface area contributed by atoms with Crippen molar-refractivity contribution in [2.75, 3.05) is 0 Å². The number of allylic oxidation sites excluding steroid dienone is 1. The van der Waals surface area contributed by atoms with Crippen molar-refractivity contribution in [3.8, 4) is 0 Å². The predicted molar refractivity (Wildman–Crippen MR) is 72.1 cm³/mol. The number of rotatable bonds is 3. The number of hydrogen-bond donors (Lipinski definition) is 0. The molecule has 0 radical (unpaired) electrons. The van der Waals surface area contributed by atoms with Crippen molar-refractivity contribution in [3.05, 3.63) is 41.5 Å². The molecule has 90 valence electrons. The van der Waals surface area contributed by atoms with Gasteiger partial charge in [0.05, 0.1) is 0 Å². The summed E-state index contributed by atoms with van der Waals surface area (Å²) in [6, 6.07) is 7.86. The van der Waals surface area contributed by atoms with E-state index in [4.69, 9.17) is 0 Å². The Morgan fingerprint density at radius 3 is 2.35 bits per heavy atom. The van der Waals surface area contributed by atoms with Gasteiger partial charge >= 0.3 is 0 Å². The van der Waals surface area contributed by atoms with Gasteiger partial charge < -0.3 is 0 Å². The van der Waals surface area contributed by atoms with Crippen molar-refractivity contribution in [1.29, 1.82) is 0 Å². The third-order valence-corrected chi connectivity index (χ3v) is 3.53. The van der Waals surface area contributed by atoms with Crippen LogP contribution in [0.4, 0.5) is 0 Å². The molecule has 0 bridgehead atoms. The van der Waals surface area contributed by atoms with Crippen LogP contribution in [0.3, 0.4) is 0 Å². The monoisotopic (exact) mass is 228 g/mol. The molecule has 2 rings (SSSR count). The standard InChI is InChI=1S/C16H20O/c1-13(17)16-11-9-15(10-12-16)8-7-14-5-3-2-4-6-14/h7-12,14H,2-6H2,1H3/b8-7+. The third-order valence-electron chi connectivity index (χ3n) is 3.53. The van der Waals surface area contributed by atoms with Crippen LogP contribution in [-0.4, -0.2) is 5.78 Å². The van der Waals surface area contributed by atoms with E-state index in [2.05, 4.69) is 12.2 Å². The predicted octanol–water partition coefficient (Wildman–Crippen LogP) is 4.48. The maximum absolute atomic E-state index is 11.1. The van der Waals surface area contributed by atoms with Crippen LogP contribution < -0.4 is 0 Å². The van der Waals surface area contributed by atoms with Gasteiger partial charge in [-0.05, 0) is 31.2 Å². The van der Waals surface area contributed by atoms with Crippen LogP contribution in [0, 0.1) is 5.92 Å². The van der Waals surface area contributed by atoms with Gasteiger partial charge in [0.25, 0.3) is 0 Å². The topological polar surface area (TPSA) is 17.1 Å². The Morgan fingerprint density at radius 1 is 1.12 bits per heavy atom. The minimum absolute atomic E-state index is 0.132. The molecule has 1 nitrogen and oxygen atoms in total. The number of hydrogen-bond acceptors (Lipinski definition) is 1. The first kappa shape index (κ1) is 12.1. The molecule has 17 heavy (non-hydrogen) atoms. The van der Waals surface area contributed by atoms with E-state index in [-0.39, 0.29) is 5.78 Å². The molecule has 1 saturated carbocycles. The van der Waals surface area contributed by atoms with E-state index >= 15 is 0 Å². The Hall–Kier alpha value is -1.37. The molecule has 0 aliphatic heterocycles. The lowest BCUT2D eigenvalue weighted by molar-refractivity contribution is 0.101. The molecule has 0 spiro atoms. The van der Waals surface area contributed by atoms with Crippen LogP contribution in [0.25, 0.3) is 6.08 Å². The van der Waals surface area contributed by atoms with Crippen molar-refractivity contribution < 1.29 is 4.79 Å². The molecule has 1 heteroatoms. The van der Waals surface area contributed by atoms with Gasteiger partial charge in [-0.25, -0.2) is 0 Å². The van der Waals surface area contributed by atoms with Crippen molar-refractivity contribution in [3.63, 3.8) is 0 Å². The van der Waals surface area contributed by atoms with Crippen molar-refractivity contribution in [2.45, 2.75) is 39.0 Å². The zero-order valence-electron chi connectivity index (χ0n) is 10.5. The zero-order chi connectivity index (χ0) is 12.1. The van der Waals surface area contributed by atoms with Gasteiger partial charge in [0, 0.05) is 5.56 Å². The Morgan fingerprint density at radius 2 is 1.76 bits per heavy atom. The molecule has 0 atom stereocenters. The lowest BCUT2D eigenvalue weighted by Gasteiger charge is -2.17. The number of carbonyl (C=O) groups is 1. The van der Waals surface area contributed by atoms with E-state index in [1.54, 1.807) is 6.92 Å². The van der Waals surface area contributed by atoms with Crippen LogP contribution in [-0.2, 0) is 0 Å². The van der Waals surface area contributed by atoms with Gasteiger partial charge in [-0.15, -0.1) is 0 Å². The Bertz CT molecular complexity index is 394. The van der Waals surface area contributed by atoms with E-state index in [1.807, 2.05) is 24.3 Å². The molecular weight excluding hydrogens is 208 g/mol. The van der Waals surface area contributed by atoms with Crippen molar-refractivity contribution >= 4 is 11.9 Å². The first-order chi connectivity index (χ1) is 8.25. The average molecular weight is 228 g/mol. The SMILES string of the molecule is CC(=O)c1ccc(/C=C/C2CCCCC2)cc1. The number of ketones is 1. The highest BCUT2D eigenvalue weighted by molar-refractivity contribution is 5.94. The largest absolute Gasteiger partial charge is 0.295 e. The summed E-state index contributed by atoms with van der Waals surface area (Å²) in [7, 11) is 0. The fourth-order valence-electron chi connectivity index (χ4n) is 2.40. The second kappa shape index (κ2) is 5.81. The molecule has 0 heterocycles. The molecule has 1 fully saturated rings. The lowest BCUT2D eigenvalue weighted by atomic mass is 9.89. The van der Waals surface area contributed by atoms with E-state index in [1.165, 1.54) is 37.7 Å². The highest BCUT2D eigenvalue weighted by Gasteiger charge is 2.09. The molecule has 0 aromatic heterocycles. The number of Topliss-reactive ketones (excluding diaryl/α,β-unsaturated/α-hetero) is 1. The summed E-state index contributed by atoms with van der Waals surface area (Å²) >= 11 is 0. The Labute approximate surface area is 104 Å². The molecule has 1 aromatic rings. The van der Waals surface area contributed by atoms with E-state index in [0.717, 1.165) is 11.5 Å². The minimum Gasteiger partial charge on any atom is -0.295 e. The quantitative estimate of drug-likeness (QED) is 0.697. The third kappa shape index (κ3) is 3.55. The number of benzene rings is 1. The molecule has 0 N–H and O–H groups in total. The fourth-order valence-corrected chi connectivity index (χ4v) is 2.40. The van der Waals surface area contributed by atoms with Crippen molar-refractivity contribution in [1.82, 2.24) is 0 Å². The van der Waals surface area contributed by atoms with Gasteiger partial charge in [-0.3, -0.25) is 4.79 Å². The fraction of sp³-hybridized carbons (Fsp3) is 0.438. The Balaban J connectivity index is 1.98. The summed E-state index contributed by atoms with van der Waals surface area (Å²) in [5.74, 6) is 0.893. The first-order valence-corrected chi connectivity index (χ1v) is 6.55. The Kier molecular flexibility index (Phi) is 4.13. The maximum Gasteiger partial charge on any atom is 0.159 e. The van der Waals surface area contributed by atoms with E-state index < -0.39 is 0 Å². The molecule has 1 aliphatic rings. The van der Waals surface area contributed by atoms with E-state index in [9.17, 15) is 4.79 Å². The van der Waals surface area contributed by atoms with Crippen LogP contribution >= 0.6 is 0 Å². The summed E-state index contributed by atoms with van der Waals surface area (Å²) in [5.41, 5.74) is 1.99. The van der Waals surface area contributed by atoms with Crippen molar-refractivity contribution in [2.24, 2.45) is 5.92 Å². The molecule has 0 unspecified atom stereocenters. The van der Waals surface area contributed by atoms with Gasteiger partial charge in [0.15, 0.2) is 5.78 Å². The second-order valence-electron chi connectivity index (χ2n) is 4.94. The summed E-state index contributed by atoms with van der Waals surface area (Å²) in [4.78, 5) is 11.1. The minimum atomic E-state index is 0.132. The van der Waals surface area contributed by atoms with Gasteiger partial charge in [0.1, 0.15) is 0 Å². The van der Waals surface area contributed by atoms with Crippen LogP contribution in [0.1, 0.15) is 54.9 Å². The molecule has 1 aliphatic carbocycles. The molecule has 0 saturated heterocycles. The number of carbonyl (C=O) groups excluding carboxylic acids is 1. The van der Waals surface area contributed by atoms with Gasteiger partial charge in [-0.2, -0.15) is 0 Å². The van der Waals surface area contributed by atoms with E-state index in [0.29, 0.717) is 0 Å². The highest BCUT2D eigenvalue weighted by atomic mass is 16.1. The van der Waals surface area contributed by atoms with Crippen LogP contribution in [0.2, 0.25) is 0 Å². The summed E-state index contributed by atoms with van der Waals surface area (Å²) in [6.45, 7) is 1.60. The molecule has 1 aromatic carbocycles. The average Bonchev–Trinajstić information content (AvgIpc) is 2.38. The second-order valence-corrected chi connectivity index (χ2v) is 4.94. The smallest absolute Gasteiger partial charge is 0.159 e. The summed E-state index contributed by atoms with van der Waals surface area (Å²) in [5, 5.41) is 0. The summed E-state index contributed by atoms with van der Waals surface area (Å²) < 4.78 is 0. The molecule has 0 amide bonds. The lowest BCUT2D eigenvalue weighted by Crippen LogP contribution is -2.02. The first-order valence-electron chi connectivity index (χ1n) is 6.55. The van der Waals surface area contributed by atoms with Gasteiger partial charge in [-0.1, -0.05) is 55.7 Å². The highest BCUT2D eigenvalue weighted by Crippen LogP contribution is 2.25. The van der Waals surface area contributed by atoms with Crippen LogP contribution in [0.15, 0.2) is 30.3 Å². The van der Waals surface area contributed by atoms with Gasteiger partial charge in [0.2, 0.25) is 0 Å². The summed E-state index contributed by atoms with van der Waals surface area (Å²) in [6.07, 6.45) is 11.3. The zero-order valence-corrected chi connectivity index (χ0v) is 10.5. The van der Waals surface area contributed by atoms with Crippen LogP contribution in [0.5, 0.6) is 0 Å². The maximum atomic E-state index is 11.1. The molecular formula is C16H20O.